The van der Waals surface area contributed by atoms with E-state index in [2.05, 4.69) is 0 Å². The van der Waals surface area contributed by atoms with Crippen molar-refractivity contribution in [3.05, 3.63) is 29.8 Å². The van der Waals surface area contributed by atoms with Crippen LogP contribution in [0.1, 0.15) is 31.7 Å². The Bertz CT molecular complexity index is 623. The molecule has 0 bridgehead atoms. The van der Waals surface area contributed by atoms with Gasteiger partial charge in [0.1, 0.15) is 6.04 Å². The lowest BCUT2D eigenvalue weighted by Gasteiger charge is -2.21. The third-order valence-corrected chi connectivity index (χ3v) is 5.56. The maximum absolute atomic E-state index is 12.5. The number of nitrogens with zero attached hydrogens (tertiary/aromatic N) is 1. The van der Waals surface area contributed by atoms with Crippen molar-refractivity contribution in [1.29, 1.82) is 0 Å². The quantitative estimate of drug-likeness (QED) is 0.865. The first-order valence-corrected chi connectivity index (χ1v) is 8.20. The molecule has 0 aliphatic carbocycles. The van der Waals surface area contributed by atoms with Crippen LogP contribution in [-0.2, 0) is 14.8 Å². The van der Waals surface area contributed by atoms with Crippen molar-refractivity contribution in [3.63, 3.8) is 0 Å². The summed E-state index contributed by atoms with van der Waals surface area (Å²) in [5.74, 6) is -0.962. The van der Waals surface area contributed by atoms with Gasteiger partial charge in [-0.3, -0.25) is 4.79 Å². The normalized spacial score (nSPS) is 23.6. The molecule has 1 heterocycles. The number of sulfonamides is 1. The third-order valence-electron chi connectivity index (χ3n) is 3.67. The van der Waals surface area contributed by atoms with E-state index >= 15 is 0 Å². The van der Waals surface area contributed by atoms with Gasteiger partial charge in [0.2, 0.25) is 10.0 Å². The van der Waals surface area contributed by atoms with E-state index in [1.54, 1.807) is 12.1 Å². The third kappa shape index (κ3) is 3.09. The van der Waals surface area contributed by atoms with Gasteiger partial charge in [0.25, 0.3) is 0 Å². The molecule has 1 aromatic rings. The Morgan fingerprint density at radius 2 is 1.86 bits per heavy atom. The van der Waals surface area contributed by atoms with Crippen LogP contribution < -0.4 is 0 Å². The number of aliphatic hydroxyl groups excluding tert-OH is 1. The highest BCUT2D eigenvalue weighted by atomic mass is 32.2. The molecule has 0 amide bonds. The fourth-order valence-electron chi connectivity index (χ4n) is 2.43. The Morgan fingerprint density at radius 1 is 1.29 bits per heavy atom. The van der Waals surface area contributed by atoms with E-state index in [-0.39, 0.29) is 23.8 Å². The topological polar surface area (TPSA) is 94.9 Å². The first kappa shape index (κ1) is 15.9. The number of aliphatic hydroxyl groups is 1. The molecule has 6 nitrogen and oxygen atoms in total. The van der Waals surface area contributed by atoms with Crippen molar-refractivity contribution in [2.45, 2.75) is 43.2 Å². The summed E-state index contributed by atoms with van der Waals surface area (Å²) in [6, 6.07) is 5.19. The molecule has 2 N–H and O–H groups in total. The molecule has 0 spiro atoms. The van der Waals surface area contributed by atoms with E-state index in [1.165, 1.54) is 12.1 Å². The van der Waals surface area contributed by atoms with Gasteiger partial charge in [-0.15, -0.1) is 0 Å². The molecule has 1 saturated heterocycles. The number of carboxylic acids is 1. The van der Waals surface area contributed by atoms with Gasteiger partial charge in [0.15, 0.2) is 0 Å². The largest absolute Gasteiger partial charge is 0.480 e. The van der Waals surface area contributed by atoms with Crippen LogP contribution in [0.4, 0.5) is 0 Å². The van der Waals surface area contributed by atoms with Crippen molar-refractivity contribution in [2.75, 3.05) is 6.54 Å². The van der Waals surface area contributed by atoms with Crippen LogP contribution in [0.3, 0.4) is 0 Å². The molecule has 0 radical (unpaired) electrons. The zero-order valence-corrected chi connectivity index (χ0v) is 12.7. The van der Waals surface area contributed by atoms with Crippen molar-refractivity contribution in [1.82, 2.24) is 4.31 Å². The number of carbonyl (C=O) groups is 1. The molecular formula is C14H19NO5S. The highest BCUT2D eigenvalue weighted by Gasteiger charge is 2.43. The predicted octanol–water partition coefficient (Wildman–Crippen LogP) is 1.02. The zero-order chi connectivity index (χ0) is 15.8. The molecule has 1 aliphatic rings. The van der Waals surface area contributed by atoms with Crippen molar-refractivity contribution in [3.8, 4) is 0 Å². The van der Waals surface area contributed by atoms with Gasteiger partial charge in [0, 0.05) is 13.0 Å². The van der Waals surface area contributed by atoms with Gasteiger partial charge < -0.3 is 10.2 Å². The molecule has 116 valence electrons. The average molecular weight is 313 g/mol. The smallest absolute Gasteiger partial charge is 0.322 e. The number of aliphatic carboxylic acids is 1. The van der Waals surface area contributed by atoms with Crippen LogP contribution in [0, 0.1) is 0 Å². The molecule has 7 heteroatoms. The van der Waals surface area contributed by atoms with Crippen LogP contribution in [0.2, 0.25) is 0 Å². The van der Waals surface area contributed by atoms with E-state index in [0.717, 1.165) is 9.87 Å². The van der Waals surface area contributed by atoms with Gasteiger partial charge >= 0.3 is 5.97 Å². The van der Waals surface area contributed by atoms with Crippen LogP contribution in [0.5, 0.6) is 0 Å². The Hall–Kier alpha value is -1.44. The Labute approximate surface area is 124 Å². The lowest BCUT2D eigenvalue weighted by Crippen LogP contribution is -2.40. The lowest BCUT2D eigenvalue weighted by molar-refractivity contribution is -0.140. The molecule has 2 rings (SSSR count). The summed E-state index contributed by atoms with van der Waals surface area (Å²) in [5.41, 5.74) is 1.00. The monoisotopic (exact) mass is 313 g/mol. The minimum absolute atomic E-state index is 0.0484. The van der Waals surface area contributed by atoms with E-state index in [1.807, 2.05) is 13.8 Å². The number of β-amino-alcohol motifs (C(OH)–C–C–N with tert-alkyl or cyclic N) is 1. The van der Waals surface area contributed by atoms with Gasteiger partial charge in [-0.05, 0) is 23.6 Å². The summed E-state index contributed by atoms with van der Waals surface area (Å²) in [4.78, 5) is 11.2. The summed E-state index contributed by atoms with van der Waals surface area (Å²) >= 11 is 0. The second-order valence-electron chi connectivity index (χ2n) is 5.54. The SMILES string of the molecule is CC(C)c1ccc(S(=O)(=O)N2CC(O)CC2C(=O)O)cc1. The highest BCUT2D eigenvalue weighted by molar-refractivity contribution is 7.89. The number of hydrogen-bond donors (Lipinski definition) is 2. The van der Waals surface area contributed by atoms with Crippen LogP contribution in [0.25, 0.3) is 0 Å². The first-order valence-electron chi connectivity index (χ1n) is 6.76. The highest BCUT2D eigenvalue weighted by Crippen LogP contribution is 2.27. The molecule has 2 unspecified atom stereocenters. The molecule has 0 saturated carbocycles. The van der Waals surface area contributed by atoms with Crippen LogP contribution >= 0.6 is 0 Å². The van der Waals surface area contributed by atoms with Crippen molar-refractivity contribution in [2.24, 2.45) is 0 Å². The van der Waals surface area contributed by atoms with Gasteiger partial charge in [-0.1, -0.05) is 26.0 Å². The number of hydrogen-bond acceptors (Lipinski definition) is 4. The van der Waals surface area contributed by atoms with Gasteiger partial charge in [-0.2, -0.15) is 4.31 Å². The maximum Gasteiger partial charge on any atom is 0.322 e. The first-order chi connectivity index (χ1) is 9.73. The Balaban J connectivity index is 2.35. The Kier molecular flexibility index (Phi) is 4.36. The van der Waals surface area contributed by atoms with Gasteiger partial charge in [-0.25, -0.2) is 8.42 Å². The van der Waals surface area contributed by atoms with Crippen LogP contribution in [-0.4, -0.2) is 47.6 Å². The maximum atomic E-state index is 12.5. The standard InChI is InChI=1S/C14H19NO5S/c1-9(2)10-3-5-12(6-4-10)21(19,20)15-8-11(16)7-13(15)14(17)18/h3-6,9,11,13,16H,7-8H2,1-2H3,(H,17,18). The van der Waals surface area contributed by atoms with Gasteiger partial charge in [0.05, 0.1) is 11.0 Å². The average Bonchev–Trinajstić information content (AvgIpc) is 2.82. The molecular weight excluding hydrogens is 294 g/mol. The second-order valence-corrected chi connectivity index (χ2v) is 7.43. The lowest BCUT2D eigenvalue weighted by atomic mass is 10.0. The second kappa shape index (κ2) is 5.75. The van der Waals surface area contributed by atoms with Crippen molar-refractivity contribution < 1.29 is 23.4 Å². The summed E-state index contributed by atoms with van der Waals surface area (Å²) in [6.07, 6.45) is -1.03. The molecule has 1 aliphatic heterocycles. The van der Waals surface area contributed by atoms with E-state index in [0.29, 0.717) is 0 Å². The summed E-state index contributed by atoms with van der Waals surface area (Å²) in [5, 5.41) is 18.7. The fraction of sp³-hybridized carbons (Fsp3) is 0.500. The molecule has 0 aromatic heterocycles. The predicted molar refractivity (Wildman–Crippen MR) is 76.5 cm³/mol. The number of benzene rings is 1. The van der Waals surface area contributed by atoms with E-state index in [4.69, 9.17) is 5.11 Å². The number of rotatable bonds is 4. The molecule has 1 aromatic carbocycles. The zero-order valence-electron chi connectivity index (χ0n) is 11.9. The molecule has 2 atom stereocenters. The summed E-state index contributed by atoms with van der Waals surface area (Å²) < 4.78 is 25.9. The van der Waals surface area contributed by atoms with E-state index < -0.39 is 28.1 Å². The number of carboxylic acid groups (broad SMARTS) is 1. The minimum Gasteiger partial charge on any atom is -0.480 e. The Morgan fingerprint density at radius 3 is 2.33 bits per heavy atom. The van der Waals surface area contributed by atoms with Crippen LogP contribution in [0.15, 0.2) is 29.2 Å². The molecule has 1 fully saturated rings. The summed E-state index contributed by atoms with van der Waals surface area (Å²) in [7, 11) is -3.92. The summed E-state index contributed by atoms with van der Waals surface area (Å²) in [6.45, 7) is 3.81. The molecule has 21 heavy (non-hydrogen) atoms. The fourth-order valence-corrected chi connectivity index (χ4v) is 4.06. The van der Waals surface area contributed by atoms with Crippen molar-refractivity contribution >= 4 is 16.0 Å². The van der Waals surface area contributed by atoms with E-state index in [9.17, 15) is 18.3 Å². The minimum atomic E-state index is -3.92.